The maximum atomic E-state index is 12.5. The molecule has 0 aliphatic heterocycles. The average Bonchev–Trinajstić information content (AvgIpc) is 2.68. The number of rotatable bonds is 5. The second kappa shape index (κ2) is 8.48. The molecule has 0 unspecified atom stereocenters. The molecule has 6 heteroatoms. The SMILES string of the molecule is CCOC(=O)C1=CC[C@@H](c2ccccc2)[C@H]([N+](=O)[O-])[C@@H]1c1ccc(Br)cc1. The maximum Gasteiger partial charge on any atom is 0.334 e. The molecule has 27 heavy (non-hydrogen) atoms. The van der Waals surface area contributed by atoms with Crippen molar-refractivity contribution in [2.24, 2.45) is 0 Å². The van der Waals surface area contributed by atoms with E-state index in [4.69, 9.17) is 4.74 Å². The second-order valence-electron chi connectivity index (χ2n) is 6.44. The van der Waals surface area contributed by atoms with Gasteiger partial charge in [-0.05, 0) is 36.6 Å². The third-order valence-corrected chi connectivity index (χ3v) is 5.42. The summed E-state index contributed by atoms with van der Waals surface area (Å²) in [7, 11) is 0. The van der Waals surface area contributed by atoms with Gasteiger partial charge in [0.15, 0.2) is 0 Å². The number of carbonyl (C=O) groups excluding carboxylic acids is 1. The molecule has 0 fully saturated rings. The van der Waals surface area contributed by atoms with E-state index in [-0.39, 0.29) is 17.4 Å². The zero-order chi connectivity index (χ0) is 19.4. The van der Waals surface area contributed by atoms with Gasteiger partial charge in [-0.2, -0.15) is 0 Å². The van der Waals surface area contributed by atoms with Crippen molar-refractivity contribution in [2.45, 2.75) is 31.2 Å². The summed E-state index contributed by atoms with van der Waals surface area (Å²) in [6.07, 6.45) is 2.24. The fourth-order valence-corrected chi connectivity index (χ4v) is 3.97. The molecule has 140 valence electrons. The van der Waals surface area contributed by atoms with E-state index in [1.807, 2.05) is 60.7 Å². The van der Waals surface area contributed by atoms with Crippen LogP contribution >= 0.6 is 15.9 Å². The van der Waals surface area contributed by atoms with Crippen molar-refractivity contribution in [3.63, 3.8) is 0 Å². The van der Waals surface area contributed by atoms with E-state index in [1.165, 1.54) is 0 Å². The van der Waals surface area contributed by atoms with Crippen LogP contribution in [0.5, 0.6) is 0 Å². The molecular weight excluding hydrogens is 410 g/mol. The molecule has 0 saturated heterocycles. The normalized spacial score (nSPS) is 22.0. The first-order chi connectivity index (χ1) is 13.0. The number of carbonyl (C=O) groups is 1. The van der Waals surface area contributed by atoms with Gasteiger partial charge in [-0.25, -0.2) is 4.79 Å². The van der Waals surface area contributed by atoms with Crippen molar-refractivity contribution in [3.05, 3.63) is 92.0 Å². The first-order valence-corrected chi connectivity index (χ1v) is 9.63. The fourth-order valence-electron chi connectivity index (χ4n) is 3.71. The molecule has 0 aromatic heterocycles. The highest BCUT2D eigenvalue weighted by molar-refractivity contribution is 9.10. The van der Waals surface area contributed by atoms with Gasteiger partial charge in [0.2, 0.25) is 6.04 Å². The summed E-state index contributed by atoms with van der Waals surface area (Å²) in [5.74, 6) is -1.46. The van der Waals surface area contributed by atoms with Gasteiger partial charge >= 0.3 is 5.97 Å². The van der Waals surface area contributed by atoms with Crippen LogP contribution in [0.4, 0.5) is 0 Å². The van der Waals surface area contributed by atoms with Crippen LogP contribution in [0.1, 0.15) is 36.3 Å². The molecule has 1 aliphatic rings. The van der Waals surface area contributed by atoms with Crippen LogP contribution in [0.25, 0.3) is 0 Å². The lowest BCUT2D eigenvalue weighted by atomic mass is 9.71. The Bertz CT molecular complexity index is 848. The number of nitrogens with zero attached hydrogens (tertiary/aromatic N) is 1. The van der Waals surface area contributed by atoms with Crippen LogP contribution in [0.2, 0.25) is 0 Å². The molecule has 0 bridgehead atoms. The highest BCUT2D eigenvalue weighted by atomic mass is 79.9. The summed E-state index contributed by atoms with van der Waals surface area (Å²) in [4.78, 5) is 24.4. The maximum absolute atomic E-state index is 12.5. The van der Waals surface area contributed by atoms with Gasteiger partial charge in [0, 0.05) is 15.0 Å². The van der Waals surface area contributed by atoms with E-state index in [1.54, 1.807) is 6.92 Å². The highest BCUT2D eigenvalue weighted by Crippen LogP contribution is 2.43. The standard InChI is InChI=1S/C21H20BrNO4/c1-2-27-21(24)18-13-12-17(14-6-4-3-5-7-14)20(23(25)26)19(18)15-8-10-16(22)11-9-15/h3-11,13,17,19-20H,2,12H2,1H3/t17-,19+,20-/m0/s1. The Morgan fingerprint density at radius 1 is 1.15 bits per heavy atom. The molecule has 2 aromatic rings. The minimum Gasteiger partial charge on any atom is -0.463 e. The molecule has 0 N–H and O–H groups in total. The average molecular weight is 430 g/mol. The van der Waals surface area contributed by atoms with E-state index in [2.05, 4.69) is 15.9 Å². The third-order valence-electron chi connectivity index (χ3n) is 4.89. The van der Waals surface area contributed by atoms with Crippen molar-refractivity contribution < 1.29 is 14.5 Å². The van der Waals surface area contributed by atoms with Crippen LogP contribution < -0.4 is 0 Å². The molecule has 3 atom stereocenters. The van der Waals surface area contributed by atoms with Crippen LogP contribution in [-0.2, 0) is 9.53 Å². The van der Waals surface area contributed by atoms with E-state index in [0.717, 1.165) is 15.6 Å². The van der Waals surface area contributed by atoms with Crippen LogP contribution in [0, 0.1) is 10.1 Å². The minimum absolute atomic E-state index is 0.231. The summed E-state index contributed by atoms with van der Waals surface area (Å²) in [6, 6.07) is 15.8. The summed E-state index contributed by atoms with van der Waals surface area (Å²) in [6.45, 7) is 1.96. The number of ether oxygens (including phenoxy) is 1. The summed E-state index contributed by atoms with van der Waals surface area (Å²) in [5, 5.41) is 12.1. The zero-order valence-corrected chi connectivity index (χ0v) is 16.5. The molecule has 1 aliphatic carbocycles. The number of hydrogen-bond donors (Lipinski definition) is 0. The molecular formula is C21H20BrNO4. The van der Waals surface area contributed by atoms with E-state index < -0.39 is 17.9 Å². The van der Waals surface area contributed by atoms with Gasteiger partial charge in [-0.15, -0.1) is 0 Å². The third kappa shape index (κ3) is 4.11. The lowest BCUT2D eigenvalue weighted by molar-refractivity contribution is -0.530. The Morgan fingerprint density at radius 3 is 2.41 bits per heavy atom. The smallest absolute Gasteiger partial charge is 0.334 e. The van der Waals surface area contributed by atoms with Crippen molar-refractivity contribution in [2.75, 3.05) is 6.61 Å². The highest BCUT2D eigenvalue weighted by Gasteiger charge is 2.47. The Labute approximate surface area is 166 Å². The predicted octanol–water partition coefficient (Wildman–Crippen LogP) is 4.86. The molecule has 0 heterocycles. The first-order valence-electron chi connectivity index (χ1n) is 8.84. The van der Waals surface area contributed by atoms with E-state index in [9.17, 15) is 14.9 Å². The van der Waals surface area contributed by atoms with E-state index in [0.29, 0.717) is 12.0 Å². The zero-order valence-electron chi connectivity index (χ0n) is 14.9. The molecule has 0 amide bonds. The van der Waals surface area contributed by atoms with Crippen LogP contribution in [-0.4, -0.2) is 23.5 Å². The number of nitro groups is 1. The molecule has 0 saturated carbocycles. The number of esters is 1. The molecule has 5 nitrogen and oxygen atoms in total. The van der Waals surface area contributed by atoms with Crippen LogP contribution in [0.15, 0.2) is 70.7 Å². The predicted molar refractivity (Wildman–Crippen MR) is 106 cm³/mol. The van der Waals surface area contributed by atoms with Gasteiger partial charge in [0.1, 0.15) is 0 Å². The van der Waals surface area contributed by atoms with Gasteiger partial charge in [-0.3, -0.25) is 10.1 Å². The molecule has 3 rings (SSSR count). The minimum atomic E-state index is -0.946. The summed E-state index contributed by atoms with van der Waals surface area (Å²) < 4.78 is 6.06. The van der Waals surface area contributed by atoms with Gasteiger partial charge in [-0.1, -0.05) is 64.5 Å². The lowest BCUT2D eigenvalue weighted by Gasteiger charge is -2.32. The Hall–Kier alpha value is -2.47. The summed E-state index contributed by atoms with van der Waals surface area (Å²) in [5.41, 5.74) is 2.01. The largest absolute Gasteiger partial charge is 0.463 e. The lowest BCUT2D eigenvalue weighted by Crippen LogP contribution is -2.39. The summed E-state index contributed by atoms with van der Waals surface area (Å²) >= 11 is 3.39. The van der Waals surface area contributed by atoms with Gasteiger partial charge in [0.25, 0.3) is 0 Å². The van der Waals surface area contributed by atoms with E-state index >= 15 is 0 Å². The quantitative estimate of drug-likeness (QED) is 0.386. The first kappa shape index (κ1) is 19.3. The van der Waals surface area contributed by atoms with Crippen molar-refractivity contribution in [1.82, 2.24) is 0 Å². The number of hydrogen-bond acceptors (Lipinski definition) is 4. The number of benzene rings is 2. The Kier molecular flexibility index (Phi) is 6.06. The molecule has 0 spiro atoms. The molecule has 2 aromatic carbocycles. The van der Waals surface area contributed by atoms with Gasteiger partial charge < -0.3 is 4.74 Å². The van der Waals surface area contributed by atoms with Crippen molar-refractivity contribution in [3.8, 4) is 0 Å². The topological polar surface area (TPSA) is 69.4 Å². The van der Waals surface area contributed by atoms with Crippen molar-refractivity contribution in [1.29, 1.82) is 0 Å². The molecule has 0 radical (unpaired) electrons. The monoisotopic (exact) mass is 429 g/mol. The van der Waals surface area contributed by atoms with Crippen molar-refractivity contribution >= 4 is 21.9 Å². The Morgan fingerprint density at radius 2 is 1.81 bits per heavy atom. The Balaban J connectivity index is 2.12. The van der Waals surface area contributed by atoms with Gasteiger partial charge in [0.05, 0.1) is 18.4 Å². The van der Waals surface area contributed by atoms with Crippen LogP contribution in [0.3, 0.4) is 0 Å². The fraction of sp³-hybridized carbons (Fsp3) is 0.286. The second-order valence-corrected chi connectivity index (χ2v) is 7.35. The number of halogens is 1. The number of allylic oxidation sites excluding steroid dienone is 1.